The number of benzene rings is 1. The Kier molecular flexibility index (Phi) is 12.5. The Morgan fingerprint density at radius 1 is 1.13 bits per heavy atom. The molecule has 0 spiro atoms. The van der Waals surface area contributed by atoms with Crippen molar-refractivity contribution in [3.8, 4) is 0 Å². The lowest BCUT2D eigenvalue weighted by atomic mass is 10.2. The SMILES string of the molecule is CCOC(=O)CN(CCN)C(=O)OCC[Si](C)(C)C.Cc1ccc(S(=O)(=O)O)cc1. The molecule has 0 heterocycles. The molecule has 30 heavy (non-hydrogen) atoms. The summed E-state index contributed by atoms with van der Waals surface area (Å²) in [5, 5.41) is 0. The Hall–Kier alpha value is -1.95. The number of nitrogens with zero attached hydrogens (tertiary/aromatic N) is 1. The summed E-state index contributed by atoms with van der Waals surface area (Å²) in [6.07, 6.45) is -0.503. The number of amides is 1. The molecular weight excluding hydrogens is 428 g/mol. The van der Waals surface area contributed by atoms with Crippen LogP contribution in [0.15, 0.2) is 29.2 Å². The first-order valence-corrected chi connectivity index (χ1v) is 14.8. The van der Waals surface area contributed by atoms with Crippen molar-refractivity contribution in [2.75, 3.05) is 32.8 Å². The predicted molar refractivity (Wildman–Crippen MR) is 118 cm³/mol. The number of carbonyl (C=O) groups is 2. The van der Waals surface area contributed by atoms with Crippen molar-refractivity contribution < 1.29 is 32.0 Å². The maximum absolute atomic E-state index is 11.8. The summed E-state index contributed by atoms with van der Waals surface area (Å²) in [6, 6.07) is 6.89. The second-order valence-electron chi connectivity index (χ2n) is 7.73. The fourth-order valence-electron chi connectivity index (χ4n) is 2.00. The van der Waals surface area contributed by atoms with E-state index in [1.54, 1.807) is 19.1 Å². The molecule has 0 radical (unpaired) electrons. The highest BCUT2D eigenvalue weighted by atomic mass is 32.2. The Bertz CT molecular complexity index is 762. The molecule has 9 nitrogen and oxygen atoms in total. The quantitative estimate of drug-likeness (QED) is 0.324. The molecule has 1 aromatic rings. The molecule has 0 bridgehead atoms. The second-order valence-corrected chi connectivity index (χ2v) is 14.8. The highest BCUT2D eigenvalue weighted by Gasteiger charge is 2.20. The summed E-state index contributed by atoms with van der Waals surface area (Å²) in [4.78, 5) is 24.4. The molecule has 0 aromatic heterocycles. The van der Waals surface area contributed by atoms with E-state index in [4.69, 9.17) is 19.8 Å². The molecular formula is C19H34N2O7SSi. The number of esters is 1. The Morgan fingerprint density at radius 2 is 1.70 bits per heavy atom. The molecule has 0 aliphatic carbocycles. The van der Waals surface area contributed by atoms with Crippen molar-refractivity contribution in [3.63, 3.8) is 0 Å². The number of ether oxygens (including phenoxy) is 2. The van der Waals surface area contributed by atoms with Crippen LogP contribution >= 0.6 is 0 Å². The summed E-state index contributed by atoms with van der Waals surface area (Å²) >= 11 is 0. The van der Waals surface area contributed by atoms with Gasteiger partial charge in [-0.2, -0.15) is 8.42 Å². The smallest absolute Gasteiger partial charge is 0.410 e. The average Bonchev–Trinajstić information content (AvgIpc) is 2.60. The maximum atomic E-state index is 11.8. The van der Waals surface area contributed by atoms with Crippen molar-refractivity contribution in [1.82, 2.24) is 4.90 Å². The fraction of sp³-hybridized carbons (Fsp3) is 0.579. The maximum Gasteiger partial charge on any atom is 0.410 e. The lowest BCUT2D eigenvalue weighted by Crippen LogP contribution is -2.40. The van der Waals surface area contributed by atoms with Crippen LogP contribution in [0.25, 0.3) is 0 Å². The van der Waals surface area contributed by atoms with Gasteiger partial charge in [-0.15, -0.1) is 0 Å². The first kappa shape index (κ1) is 28.0. The summed E-state index contributed by atoms with van der Waals surface area (Å²) in [6.45, 7) is 11.3. The van der Waals surface area contributed by atoms with E-state index in [1.165, 1.54) is 17.0 Å². The molecule has 1 rings (SSSR count). The van der Waals surface area contributed by atoms with E-state index in [2.05, 4.69) is 19.6 Å². The van der Waals surface area contributed by atoms with E-state index in [9.17, 15) is 18.0 Å². The van der Waals surface area contributed by atoms with Crippen molar-refractivity contribution in [2.45, 2.75) is 44.4 Å². The third kappa shape index (κ3) is 13.3. The fourth-order valence-corrected chi connectivity index (χ4v) is 3.19. The van der Waals surface area contributed by atoms with Crippen LogP contribution in [0.3, 0.4) is 0 Å². The number of rotatable bonds is 9. The summed E-state index contributed by atoms with van der Waals surface area (Å²) < 4.78 is 39.5. The van der Waals surface area contributed by atoms with E-state index < -0.39 is 30.3 Å². The van der Waals surface area contributed by atoms with E-state index in [1.807, 2.05) is 6.92 Å². The molecule has 0 unspecified atom stereocenters. The van der Waals surface area contributed by atoms with Gasteiger partial charge in [-0.05, 0) is 32.0 Å². The molecule has 1 aromatic carbocycles. The number of hydrogen-bond acceptors (Lipinski definition) is 7. The van der Waals surface area contributed by atoms with Gasteiger partial charge in [0.2, 0.25) is 0 Å². The van der Waals surface area contributed by atoms with Crippen molar-refractivity contribution in [1.29, 1.82) is 0 Å². The Morgan fingerprint density at radius 3 is 2.13 bits per heavy atom. The minimum Gasteiger partial charge on any atom is -0.465 e. The first-order chi connectivity index (χ1) is 13.8. The van der Waals surface area contributed by atoms with Gasteiger partial charge in [0.05, 0.1) is 18.1 Å². The molecule has 0 fully saturated rings. The normalized spacial score (nSPS) is 11.2. The zero-order valence-corrected chi connectivity index (χ0v) is 20.2. The van der Waals surface area contributed by atoms with Crippen LogP contribution in [0.4, 0.5) is 4.79 Å². The topological polar surface area (TPSA) is 136 Å². The van der Waals surface area contributed by atoms with E-state index in [-0.39, 0.29) is 24.5 Å². The molecule has 0 saturated heterocycles. The lowest BCUT2D eigenvalue weighted by Gasteiger charge is -2.22. The van der Waals surface area contributed by atoms with Gasteiger partial charge in [0, 0.05) is 21.2 Å². The molecule has 1 amide bonds. The van der Waals surface area contributed by atoms with Gasteiger partial charge in [0.1, 0.15) is 6.54 Å². The van der Waals surface area contributed by atoms with Gasteiger partial charge in [0.25, 0.3) is 10.1 Å². The van der Waals surface area contributed by atoms with Gasteiger partial charge in [0.15, 0.2) is 0 Å². The van der Waals surface area contributed by atoms with Gasteiger partial charge in [-0.3, -0.25) is 14.2 Å². The predicted octanol–water partition coefficient (Wildman–Crippen LogP) is 2.53. The van der Waals surface area contributed by atoms with Crippen LogP contribution in [-0.2, 0) is 24.4 Å². The third-order valence-electron chi connectivity index (χ3n) is 3.68. The van der Waals surface area contributed by atoms with Crippen LogP contribution in [-0.4, -0.2) is 70.9 Å². The zero-order valence-electron chi connectivity index (χ0n) is 18.4. The van der Waals surface area contributed by atoms with E-state index in [0.29, 0.717) is 13.2 Å². The van der Waals surface area contributed by atoms with Crippen LogP contribution < -0.4 is 5.73 Å². The average molecular weight is 463 g/mol. The Labute approximate surface area is 180 Å². The monoisotopic (exact) mass is 462 g/mol. The number of aryl methyl sites for hydroxylation is 1. The summed E-state index contributed by atoms with van der Waals surface area (Å²) in [5.41, 5.74) is 6.38. The number of carbonyl (C=O) groups excluding carboxylic acids is 2. The summed E-state index contributed by atoms with van der Waals surface area (Å²) in [5.74, 6) is -0.446. The van der Waals surface area contributed by atoms with Crippen molar-refractivity contribution in [3.05, 3.63) is 29.8 Å². The minimum absolute atomic E-state index is 0.0666. The molecule has 0 aliphatic rings. The molecule has 11 heteroatoms. The first-order valence-electron chi connectivity index (χ1n) is 9.61. The molecule has 0 saturated carbocycles. The summed E-state index contributed by atoms with van der Waals surface area (Å²) in [7, 11) is -5.25. The standard InChI is InChI=1S/C12H26N2O4Si.C7H8O3S/c1-5-17-11(15)10-14(7-6-13)12(16)18-8-9-19(2,3)4;1-6-2-4-7(5-3-6)11(8,9)10/h5-10,13H2,1-4H3;2-5H,1H3,(H,8,9,10). The van der Waals surface area contributed by atoms with Crippen LogP contribution in [0.2, 0.25) is 25.7 Å². The lowest BCUT2D eigenvalue weighted by molar-refractivity contribution is -0.144. The molecule has 0 atom stereocenters. The van der Waals surface area contributed by atoms with Crippen LogP contribution in [0, 0.1) is 6.92 Å². The van der Waals surface area contributed by atoms with Crippen LogP contribution in [0.5, 0.6) is 0 Å². The molecule has 0 aliphatic heterocycles. The largest absolute Gasteiger partial charge is 0.465 e. The van der Waals surface area contributed by atoms with E-state index in [0.717, 1.165) is 11.6 Å². The van der Waals surface area contributed by atoms with E-state index >= 15 is 0 Å². The van der Waals surface area contributed by atoms with Crippen molar-refractivity contribution in [2.24, 2.45) is 5.73 Å². The van der Waals surface area contributed by atoms with Crippen molar-refractivity contribution >= 4 is 30.3 Å². The van der Waals surface area contributed by atoms with Gasteiger partial charge in [-0.25, -0.2) is 4.79 Å². The highest BCUT2D eigenvalue weighted by Crippen LogP contribution is 2.09. The second kappa shape index (κ2) is 13.4. The number of hydrogen-bond donors (Lipinski definition) is 2. The van der Waals surface area contributed by atoms with Gasteiger partial charge < -0.3 is 15.2 Å². The third-order valence-corrected chi connectivity index (χ3v) is 6.25. The molecule has 172 valence electrons. The minimum atomic E-state index is -4.02. The molecule has 3 N–H and O–H groups in total. The zero-order chi connectivity index (χ0) is 23.4. The Balaban J connectivity index is 0.000000642. The van der Waals surface area contributed by atoms with Gasteiger partial charge in [-0.1, -0.05) is 37.3 Å². The van der Waals surface area contributed by atoms with Gasteiger partial charge >= 0.3 is 12.1 Å². The van der Waals surface area contributed by atoms with Crippen LogP contribution in [0.1, 0.15) is 12.5 Å². The number of nitrogens with two attached hydrogens (primary N) is 1. The highest BCUT2D eigenvalue weighted by molar-refractivity contribution is 7.85.